The molecular weight excluding hydrogens is 1470 g/mol. The second-order valence-corrected chi connectivity index (χ2v) is 37.4. The van der Waals surface area contributed by atoms with Crippen LogP contribution in [0.2, 0.25) is 0 Å². The summed E-state index contributed by atoms with van der Waals surface area (Å²) in [5, 5.41) is 19.4. The lowest BCUT2D eigenvalue weighted by molar-refractivity contribution is 0.204. The van der Waals surface area contributed by atoms with E-state index in [0.29, 0.717) is 78.4 Å². The molecule has 0 saturated carbocycles. The standard InChI is InChI=1S/C10H14.C9H21N.3C8H19N.3C7H17N.3C6H15N.3C5H13N.C4H11N.2C2H6.CH4/c1-3-9(2)10-7-5-4-6-8-10;1-6-9(4)7-10(5)8(2)3;1-6-8(4)9(5)7(2)3;1-5-8(4)6-9-7(2)3;1-5-6-9(4)7-8(2)3;1-6(2)8(5)7(3)4;1-5-7(2)6-8(3)4;1-5-7(4)8-6(2)3;1-5-6(2)7(3)4;1-5(2)7-6(3)4;1-4-6(2)5-7-3;1-5(2)6(3)4;1-4-5-6(2)3;1-4-5(2)6-3;1-4(2)5-3;2*1-2;/h4-9H,3H2,1-2H3;8-9H,6-7H2,1-5H3;7-8H,6H2,1-5H3;7-9H,5-6H2,1-4H3;8H,5-7H2,1-4H3;6-7H,1-5H3;7H,5-6H2,1-4H3;6-8H,5H2,1-4H3;6H,5H2,1-4H3;5-7H,1-4H3;6-7H,4-5H2,1-3H3;5H,1-4H3;4-5H2,1-3H3;5-6H,4H2,1-3H3;4-5H,1-3H3;2*1-2H3;1H4. The zero-order valence-electron chi connectivity index (χ0n) is 95.2. The van der Waals surface area contributed by atoms with Gasteiger partial charge in [-0.3, -0.25) is 0 Å². The number of hydrogen-bond acceptors (Lipinski definition) is 14. The van der Waals surface area contributed by atoms with Crippen molar-refractivity contribution in [3.05, 3.63) is 35.9 Å². The van der Waals surface area contributed by atoms with Crippen molar-refractivity contribution in [2.24, 2.45) is 29.6 Å². The molecule has 14 heteroatoms. The topological polar surface area (TPSA) is 98.1 Å². The molecule has 120 heavy (non-hydrogen) atoms. The summed E-state index contributed by atoms with van der Waals surface area (Å²) in [6.07, 6.45) is 13.8. The smallest absolute Gasteiger partial charge is 0.00639 e. The zero-order chi connectivity index (χ0) is 98.2. The normalized spacial score (nSPS) is 12.7. The zero-order valence-corrected chi connectivity index (χ0v) is 95.2. The highest BCUT2D eigenvalue weighted by Gasteiger charge is 2.10. The number of nitrogens with one attached hydrogen (secondary N) is 6. The molecule has 14 nitrogen and oxygen atoms in total. The lowest BCUT2D eigenvalue weighted by Crippen LogP contribution is -2.34. The van der Waals surface area contributed by atoms with E-state index in [2.05, 4.69) is 477 Å². The molecule has 0 saturated heterocycles. The van der Waals surface area contributed by atoms with E-state index in [9.17, 15) is 0 Å². The summed E-state index contributed by atoms with van der Waals surface area (Å²) in [6, 6.07) is 20.0. The first-order valence-electron chi connectivity index (χ1n) is 49.6. The van der Waals surface area contributed by atoms with Gasteiger partial charge in [0.1, 0.15) is 0 Å². The van der Waals surface area contributed by atoms with Crippen LogP contribution in [0.5, 0.6) is 0 Å². The first-order chi connectivity index (χ1) is 54.8. The van der Waals surface area contributed by atoms with Gasteiger partial charge in [0.05, 0.1) is 0 Å². The van der Waals surface area contributed by atoms with E-state index in [4.69, 9.17) is 0 Å². The van der Waals surface area contributed by atoms with Crippen LogP contribution in [-0.4, -0.2) is 275 Å². The van der Waals surface area contributed by atoms with E-state index in [0.717, 1.165) is 54.8 Å². The van der Waals surface area contributed by atoms with Gasteiger partial charge in [-0.1, -0.05) is 285 Å². The molecule has 6 N–H and O–H groups in total. The van der Waals surface area contributed by atoms with Crippen LogP contribution in [0, 0.1) is 29.6 Å². The molecule has 9 unspecified atom stereocenters. The number of hydrogen-bond donors (Lipinski definition) is 6. The molecule has 0 bridgehead atoms. The highest BCUT2D eigenvalue weighted by molar-refractivity contribution is 5.18. The monoisotopic (exact) mass is 1720 g/mol. The third kappa shape index (κ3) is 174. The predicted octanol–water partition coefficient (Wildman–Crippen LogP) is 27.0. The maximum absolute atomic E-state index is 3.40. The molecule has 0 aromatic heterocycles. The molecule has 0 aliphatic heterocycles. The summed E-state index contributed by atoms with van der Waals surface area (Å²) >= 11 is 0. The van der Waals surface area contributed by atoms with E-state index < -0.39 is 0 Å². The molecule has 0 fully saturated rings. The number of benzene rings is 1. The highest BCUT2D eigenvalue weighted by Crippen LogP contribution is 2.17. The maximum atomic E-state index is 3.40. The van der Waals surface area contributed by atoms with Crippen LogP contribution in [-0.2, 0) is 0 Å². The lowest BCUT2D eigenvalue weighted by Gasteiger charge is -2.27. The van der Waals surface area contributed by atoms with Crippen LogP contribution in [0.3, 0.4) is 0 Å². The van der Waals surface area contributed by atoms with Gasteiger partial charge in [0.15, 0.2) is 0 Å². The molecule has 748 valence electrons. The minimum Gasteiger partial charge on any atom is -0.319 e. The average molecular weight is 1730 g/mol. The Morgan fingerprint density at radius 2 is 0.658 bits per heavy atom. The lowest BCUT2D eigenvalue weighted by atomic mass is 9.99. The van der Waals surface area contributed by atoms with Gasteiger partial charge in [0.2, 0.25) is 0 Å². The first kappa shape index (κ1) is 159. The quantitative estimate of drug-likeness (QED) is 0.0379. The third-order valence-corrected chi connectivity index (χ3v) is 20.1. The fraction of sp³-hybridized carbons (Fsp3) is 0.943. The van der Waals surface area contributed by atoms with E-state index in [1.807, 2.05) is 48.8 Å². The summed E-state index contributed by atoms with van der Waals surface area (Å²) in [6.45, 7) is 109. The molecular formula is C106H254N14. The summed E-state index contributed by atoms with van der Waals surface area (Å²) in [5.41, 5.74) is 1.45. The summed E-state index contributed by atoms with van der Waals surface area (Å²) in [7, 11) is 31.4. The van der Waals surface area contributed by atoms with Gasteiger partial charge in [-0.05, 0) is 315 Å². The van der Waals surface area contributed by atoms with Crippen molar-refractivity contribution in [3.8, 4) is 0 Å². The van der Waals surface area contributed by atoms with Gasteiger partial charge in [0, 0.05) is 104 Å². The van der Waals surface area contributed by atoms with Crippen LogP contribution < -0.4 is 31.9 Å². The van der Waals surface area contributed by atoms with Crippen LogP contribution in [0.1, 0.15) is 408 Å². The van der Waals surface area contributed by atoms with E-state index in [1.165, 1.54) is 109 Å². The second kappa shape index (κ2) is 122. The average Bonchev–Trinajstić information content (AvgIpc) is 0.910. The van der Waals surface area contributed by atoms with Crippen molar-refractivity contribution in [2.45, 2.75) is 487 Å². The Bertz CT molecular complexity index is 1730. The summed E-state index contributed by atoms with van der Waals surface area (Å²) < 4.78 is 0. The fourth-order valence-electron chi connectivity index (χ4n) is 8.53. The molecule has 1 rings (SSSR count). The molecule has 0 spiro atoms. The molecule has 1 aromatic rings. The summed E-state index contributed by atoms with van der Waals surface area (Å²) in [5.74, 6) is 4.87. The van der Waals surface area contributed by atoms with Crippen LogP contribution in [0.4, 0.5) is 0 Å². The Morgan fingerprint density at radius 3 is 0.808 bits per heavy atom. The van der Waals surface area contributed by atoms with Gasteiger partial charge in [-0.15, -0.1) is 0 Å². The third-order valence-electron chi connectivity index (χ3n) is 20.1. The number of rotatable bonds is 38. The molecule has 9 atom stereocenters. The van der Waals surface area contributed by atoms with Crippen molar-refractivity contribution in [2.75, 3.05) is 152 Å². The van der Waals surface area contributed by atoms with E-state index in [-0.39, 0.29) is 7.43 Å². The van der Waals surface area contributed by atoms with Crippen LogP contribution >= 0.6 is 0 Å². The van der Waals surface area contributed by atoms with E-state index in [1.54, 1.807) is 0 Å². The Hall–Kier alpha value is -1.34. The fourth-order valence-corrected chi connectivity index (χ4v) is 8.53. The highest BCUT2D eigenvalue weighted by atomic mass is 15.2. The molecule has 0 heterocycles. The maximum Gasteiger partial charge on any atom is 0.00639 e. The Balaban J connectivity index is -0.0000000631. The van der Waals surface area contributed by atoms with Crippen molar-refractivity contribution in [3.63, 3.8) is 0 Å². The Kier molecular flexibility index (Phi) is 161. The van der Waals surface area contributed by atoms with Crippen LogP contribution in [0.15, 0.2) is 30.3 Å². The predicted molar refractivity (Wildman–Crippen MR) is 575 cm³/mol. The van der Waals surface area contributed by atoms with Crippen molar-refractivity contribution in [1.29, 1.82) is 0 Å². The largest absolute Gasteiger partial charge is 0.319 e. The van der Waals surface area contributed by atoms with Crippen LogP contribution in [0.25, 0.3) is 0 Å². The van der Waals surface area contributed by atoms with Gasteiger partial charge < -0.3 is 71.1 Å². The number of nitrogens with zero attached hydrogens (tertiary/aromatic N) is 8. The Morgan fingerprint density at radius 1 is 0.308 bits per heavy atom. The minimum atomic E-state index is 0. The van der Waals surface area contributed by atoms with Crippen molar-refractivity contribution < 1.29 is 0 Å². The SMILES string of the molecule is C.CC.CC.CC(C)N(C)C.CC(C)N(C)C(C)C.CC(C)NC(C)C.CCC(C)CN(C)C.CCC(C)CN(C)C(C)C.CCC(C)CNC.CCC(C)CNC(C)C.CCC(C)N(C)C.CCC(C)N(C)C(C)C.CCC(C)NC.CCC(C)NC(C)C.CCC(C)c1ccccc1.CCCN(C)C.CCCN(C)CC(C)C.CNC(C)C. The second-order valence-electron chi connectivity index (χ2n) is 37.4. The minimum absolute atomic E-state index is 0. The van der Waals surface area contributed by atoms with Gasteiger partial charge in [0.25, 0.3) is 0 Å². The molecule has 1 aromatic carbocycles. The van der Waals surface area contributed by atoms with Crippen molar-refractivity contribution >= 4 is 0 Å². The van der Waals surface area contributed by atoms with Gasteiger partial charge >= 0.3 is 0 Å². The van der Waals surface area contributed by atoms with Crippen molar-refractivity contribution in [1.82, 2.24) is 71.1 Å². The van der Waals surface area contributed by atoms with Gasteiger partial charge in [-0.2, -0.15) is 0 Å². The molecule has 0 aliphatic rings. The first-order valence-corrected chi connectivity index (χ1v) is 49.6. The summed E-state index contributed by atoms with van der Waals surface area (Å²) in [4.78, 5) is 18.3. The Labute approximate surface area is 770 Å². The molecule has 0 aliphatic carbocycles. The molecule has 0 amide bonds. The van der Waals surface area contributed by atoms with E-state index >= 15 is 0 Å². The van der Waals surface area contributed by atoms with Gasteiger partial charge in [-0.25, -0.2) is 0 Å². The molecule has 0 radical (unpaired) electrons.